The first kappa shape index (κ1) is 18.2. The molecule has 2 N–H and O–H groups in total. The number of carbonyl (C=O) groups is 1. The Kier molecular flexibility index (Phi) is 6.04. The summed E-state index contributed by atoms with van der Waals surface area (Å²) in [5.74, 6) is 0.591. The molecule has 26 heavy (non-hydrogen) atoms. The molecule has 0 spiro atoms. The van der Waals surface area contributed by atoms with Gasteiger partial charge < -0.3 is 10.6 Å². The van der Waals surface area contributed by atoms with Crippen LogP contribution >= 0.6 is 11.3 Å². The van der Waals surface area contributed by atoms with Crippen LogP contribution in [0.3, 0.4) is 0 Å². The number of hydrogen-bond donors (Lipinski definition) is 2. The summed E-state index contributed by atoms with van der Waals surface area (Å²) >= 11 is 1.53. The van der Waals surface area contributed by atoms with Gasteiger partial charge in [0, 0.05) is 36.4 Å². The van der Waals surface area contributed by atoms with Crippen LogP contribution in [0.4, 0.5) is 5.69 Å². The second-order valence-electron chi connectivity index (χ2n) is 6.00. The Bertz CT molecular complexity index is 848. The molecule has 1 atom stereocenters. The molecule has 0 saturated heterocycles. The van der Waals surface area contributed by atoms with Crippen molar-refractivity contribution in [2.24, 2.45) is 0 Å². The van der Waals surface area contributed by atoms with Crippen molar-refractivity contribution in [3.05, 3.63) is 59.4 Å². The number of nitrogens with zero attached hydrogens (tertiary/aromatic N) is 3. The van der Waals surface area contributed by atoms with E-state index in [-0.39, 0.29) is 11.9 Å². The van der Waals surface area contributed by atoms with E-state index in [4.69, 9.17) is 0 Å². The molecule has 0 aliphatic rings. The van der Waals surface area contributed by atoms with Crippen LogP contribution in [0.15, 0.2) is 48.1 Å². The quantitative estimate of drug-likeness (QED) is 0.671. The van der Waals surface area contributed by atoms with Gasteiger partial charge >= 0.3 is 0 Å². The maximum absolute atomic E-state index is 12.2. The standard InChI is InChI=1S/C19H21N5OS/c1-13-4-6-15(7-5-13)23-18(25)14(2)20-11-8-16-12-26-19(24-16)17-21-9-3-10-22-17/h3-7,9-10,12,14,20H,8,11H2,1-2H3,(H,23,25). The van der Waals surface area contributed by atoms with Crippen LogP contribution < -0.4 is 10.6 Å². The molecule has 6 nitrogen and oxygen atoms in total. The highest BCUT2D eigenvalue weighted by molar-refractivity contribution is 7.13. The van der Waals surface area contributed by atoms with Gasteiger partial charge in [-0.15, -0.1) is 11.3 Å². The Hall–Kier alpha value is -2.64. The van der Waals surface area contributed by atoms with Crippen molar-refractivity contribution in [3.8, 4) is 10.8 Å². The smallest absolute Gasteiger partial charge is 0.241 e. The first-order valence-electron chi connectivity index (χ1n) is 8.44. The maximum atomic E-state index is 12.2. The van der Waals surface area contributed by atoms with E-state index in [1.807, 2.05) is 43.5 Å². The van der Waals surface area contributed by atoms with E-state index < -0.39 is 0 Å². The highest BCUT2D eigenvalue weighted by atomic mass is 32.1. The third-order valence-electron chi connectivity index (χ3n) is 3.85. The number of hydrogen-bond acceptors (Lipinski definition) is 6. The molecule has 2 heterocycles. The van der Waals surface area contributed by atoms with Gasteiger partial charge in [-0.25, -0.2) is 15.0 Å². The molecular weight excluding hydrogens is 346 g/mol. The third-order valence-corrected chi connectivity index (χ3v) is 4.74. The van der Waals surface area contributed by atoms with E-state index in [1.165, 1.54) is 11.3 Å². The summed E-state index contributed by atoms with van der Waals surface area (Å²) in [6.07, 6.45) is 4.16. The monoisotopic (exact) mass is 367 g/mol. The molecule has 7 heteroatoms. The van der Waals surface area contributed by atoms with Gasteiger partial charge in [-0.05, 0) is 32.0 Å². The van der Waals surface area contributed by atoms with E-state index >= 15 is 0 Å². The highest BCUT2D eigenvalue weighted by Crippen LogP contribution is 2.19. The number of aryl methyl sites for hydroxylation is 1. The molecule has 0 aliphatic heterocycles. The lowest BCUT2D eigenvalue weighted by Crippen LogP contribution is -2.39. The number of rotatable bonds is 7. The topological polar surface area (TPSA) is 79.8 Å². The zero-order chi connectivity index (χ0) is 18.4. The number of nitrogens with one attached hydrogen (secondary N) is 2. The summed E-state index contributed by atoms with van der Waals surface area (Å²) in [5.41, 5.74) is 2.94. The van der Waals surface area contributed by atoms with E-state index in [2.05, 4.69) is 25.6 Å². The van der Waals surface area contributed by atoms with Crippen molar-refractivity contribution in [2.45, 2.75) is 26.3 Å². The minimum atomic E-state index is -0.285. The Balaban J connectivity index is 1.46. The van der Waals surface area contributed by atoms with Crippen LogP contribution in [-0.4, -0.2) is 33.4 Å². The normalized spacial score (nSPS) is 11.9. The van der Waals surface area contributed by atoms with Crippen molar-refractivity contribution in [1.82, 2.24) is 20.3 Å². The van der Waals surface area contributed by atoms with Gasteiger partial charge in [0.25, 0.3) is 0 Å². The average molecular weight is 367 g/mol. The van der Waals surface area contributed by atoms with Crippen molar-refractivity contribution >= 4 is 22.9 Å². The average Bonchev–Trinajstić information content (AvgIpc) is 3.13. The predicted octanol–water partition coefficient (Wildman–Crippen LogP) is 3.07. The lowest BCUT2D eigenvalue weighted by Gasteiger charge is -2.13. The second-order valence-corrected chi connectivity index (χ2v) is 6.86. The Morgan fingerprint density at radius 2 is 1.92 bits per heavy atom. The van der Waals surface area contributed by atoms with Crippen LogP contribution in [-0.2, 0) is 11.2 Å². The molecule has 3 rings (SSSR count). The molecule has 0 aliphatic carbocycles. The van der Waals surface area contributed by atoms with Crippen molar-refractivity contribution in [2.75, 3.05) is 11.9 Å². The van der Waals surface area contributed by atoms with Crippen molar-refractivity contribution in [3.63, 3.8) is 0 Å². The molecule has 0 radical (unpaired) electrons. The zero-order valence-corrected chi connectivity index (χ0v) is 15.6. The third kappa shape index (κ3) is 4.93. The number of benzene rings is 1. The van der Waals surface area contributed by atoms with Gasteiger partial charge in [0.2, 0.25) is 5.91 Å². The van der Waals surface area contributed by atoms with Gasteiger partial charge in [0.05, 0.1) is 11.7 Å². The SMILES string of the molecule is Cc1ccc(NC(=O)C(C)NCCc2csc(-c3ncccn3)n2)cc1. The minimum absolute atomic E-state index is 0.0505. The summed E-state index contributed by atoms with van der Waals surface area (Å²) in [6, 6.07) is 9.26. The predicted molar refractivity (Wildman–Crippen MR) is 104 cm³/mol. The van der Waals surface area contributed by atoms with Gasteiger partial charge in [-0.1, -0.05) is 17.7 Å². The number of carbonyl (C=O) groups excluding carboxylic acids is 1. The number of thiazole rings is 1. The van der Waals surface area contributed by atoms with Crippen LogP contribution in [0.25, 0.3) is 10.8 Å². The summed E-state index contributed by atoms with van der Waals surface area (Å²) < 4.78 is 0. The minimum Gasteiger partial charge on any atom is -0.325 e. The molecule has 134 valence electrons. The van der Waals surface area contributed by atoms with E-state index in [9.17, 15) is 4.79 Å². The zero-order valence-electron chi connectivity index (χ0n) is 14.8. The fourth-order valence-electron chi connectivity index (χ4n) is 2.33. The summed E-state index contributed by atoms with van der Waals surface area (Å²) in [7, 11) is 0. The molecule has 3 aromatic rings. The first-order chi connectivity index (χ1) is 12.6. The van der Waals surface area contributed by atoms with Crippen LogP contribution in [0.1, 0.15) is 18.2 Å². The molecule has 1 unspecified atom stereocenters. The van der Waals surface area contributed by atoms with E-state index in [0.29, 0.717) is 12.4 Å². The summed E-state index contributed by atoms with van der Waals surface area (Å²) in [5, 5.41) is 8.96. The molecule has 2 aromatic heterocycles. The Morgan fingerprint density at radius 3 is 2.65 bits per heavy atom. The van der Waals surface area contributed by atoms with Crippen molar-refractivity contribution < 1.29 is 4.79 Å². The van der Waals surface area contributed by atoms with E-state index in [0.717, 1.165) is 28.4 Å². The van der Waals surface area contributed by atoms with Crippen LogP contribution in [0.5, 0.6) is 0 Å². The molecular formula is C19H21N5OS. The van der Waals surface area contributed by atoms with Crippen LogP contribution in [0, 0.1) is 6.92 Å². The Labute approximate surface area is 156 Å². The number of anilines is 1. The largest absolute Gasteiger partial charge is 0.325 e. The fourth-order valence-corrected chi connectivity index (χ4v) is 3.13. The summed E-state index contributed by atoms with van der Waals surface area (Å²) in [6.45, 7) is 4.54. The lowest BCUT2D eigenvalue weighted by atomic mass is 10.2. The fraction of sp³-hybridized carbons (Fsp3) is 0.263. The molecule has 1 aromatic carbocycles. The lowest BCUT2D eigenvalue weighted by molar-refractivity contribution is -0.117. The molecule has 0 bridgehead atoms. The van der Waals surface area contributed by atoms with Gasteiger partial charge in [-0.3, -0.25) is 4.79 Å². The highest BCUT2D eigenvalue weighted by Gasteiger charge is 2.13. The van der Waals surface area contributed by atoms with Gasteiger partial charge in [0.1, 0.15) is 0 Å². The van der Waals surface area contributed by atoms with Gasteiger partial charge in [0.15, 0.2) is 10.8 Å². The van der Waals surface area contributed by atoms with Crippen molar-refractivity contribution in [1.29, 1.82) is 0 Å². The Morgan fingerprint density at radius 1 is 1.19 bits per heavy atom. The summed E-state index contributed by atoms with van der Waals surface area (Å²) in [4.78, 5) is 25.2. The number of amides is 1. The molecule has 1 amide bonds. The molecule has 0 saturated carbocycles. The van der Waals surface area contributed by atoms with E-state index in [1.54, 1.807) is 18.5 Å². The number of aromatic nitrogens is 3. The van der Waals surface area contributed by atoms with Crippen LogP contribution in [0.2, 0.25) is 0 Å². The molecule has 0 fully saturated rings. The first-order valence-corrected chi connectivity index (χ1v) is 9.32. The second kappa shape index (κ2) is 8.64. The van der Waals surface area contributed by atoms with Gasteiger partial charge in [-0.2, -0.15) is 0 Å². The maximum Gasteiger partial charge on any atom is 0.241 e.